The van der Waals surface area contributed by atoms with Crippen LogP contribution < -0.4 is 10.6 Å². The van der Waals surface area contributed by atoms with Gasteiger partial charge in [-0.05, 0) is 61.0 Å². The normalized spacial score (nSPS) is 11.5. The molecule has 0 saturated carbocycles. The molecule has 0 fully saturated rings. The minimum Gasteiger partial charge on any atom is -0.459 e. The third kappa shape index (κ3) is 4.72. The van der Waals surface area contributed by atoms with Crippen molar-refractivity contribution in [3.05, 3.63) is 83.3 Å². The summed E-state index contributed by atoms with van der Waals surface area (Å²) in [6, 6.07) is 17.1. The number of anilines is 2. The molecule has 3 rings (SSSR count). The second kappa shape index (κ2) is 8.63. The van der Waals surface area contributed by atoms with E-state index in [0.29, 0.717) is 16.4 Å². The van der Waals surface area contributed by atoms with E-state index < -0.39 is 0 Å². The minimum atomic E-state index is -0.335. The van der Waals surface area contributed by atoms with Gasteiger partial charge in [0.25, 0.3) is 5.91 Å². The second-order valence-electron chi connectivity index (χ2n) is 6.28. The number of rotatable bonds is 5. The van der Waals surface area contributed by atoms with Crippen LogP contribution in [0.2, 0.25) is 5.02 Å². The molecule has 7 heteroatoms. The Morgan fingerprint density at radius 3 is 2.14 bits per heavy atom. The highest BCUT2D eigenvalue weighted by Gasteiger charge is 2.17. The predicted molar refractivity (Wildman–Crippen MR) is 110 cm³/mol. The highest BCUT2D eigenvalue weighted by molar-refractivity contribution is 6.30. The third-order valence-electron chi connectivity index (χ3n) is 4.39. The Labute approximate surface area is 168 Å². The lowest BCUT2D eigenvalue weighted by molar-refractivity contribution is 0.0996. The maximum absolute atomic E-state index is 12.5. The number of urea groups is 1. The Morgan fingerprint density at radius 2 is 1.57 bits per heavy atom. The molecule has 3 aromatic rings. The Kier molecular flexibility index (Phi) is 6.01. The van der Waals surface area contributed by atoms with Gasteiger partial charge in [-0.1, -0.05) is 23.7 Å². The first-order valence-corrected chi connectivity index (χ1v) is 9.06. The molecule has 1 aromatic heterocycles. The van der Waals surface area contributed by atoms with Gasteiger partial charge in [0.2, 0.25) is 0 Å². The highest BCUT2D eigenvalue weighted by Crippen LogP contribution is 2.22. The molecule has 0 aliphatic carbocycles. The van der Waals surface area contributed by atoms with Gasteiger partial charge < -0.3 is 20.0 Å². The van der Waals surface area contributed by atoms with Gasteiger partial charge in [0, 0.05) is 23.4 Å². The van der Waals surface area contributed by atoms with Gasteiger partial charge in [0.05, 0.1) is 12.3 Å². The number of carbonyl (C=O) groups excluding carboxylic acids is 2. The monoisotopic (exact) mass is 397 g/mol. The van der Waals surface area contributed by atoms with E-state index in [-0.39, 0.29) is 23.7 Å². The van der Waals surface area contributed by atoms with Gasteiger partial charge >= 0.3 is 6.03 Å². The first kappa shape index (κ1) is 19.5. The molecule has 0 aliphatic heterocycles. The van der Waals surface area contributed by atoms with Crippen molar-refractivity contribution in [3.8, 4) is 0 Å². The van der Waals surface area contributed by atoms with Crippen LogP contribution in [0.3, 0.4) is 0 Å². The number of carbonyl (C=O) groups is 2. The van der Waals surface area contributed by atoms with Crippen molar-refractivity contribution < 1.29 is 14.0 Å². The van der Waals surface area contributed by atoms with Crippen LogP contribution >= 0.6 is 11.6 Å². The zero-order valence-corrected chi connectivity index (χ0v) is 16.2. The summed E-state index contributed by atoms with van der Waals surface area (Å²) < 4.78 is 5.05. The quantitative estimate of drug-likeness (QED) is 0.604. The number of furan rings is 1. The van der Waals surface area contributed by atoms with Gasteiger partial charge in [0.1, 0.15) is 0 Å². The Hall–Kier alpha value is -3.25. The molecule has 144 valence electrons. The first-order chi connectivity index (χ1) is 13.4. The largest absolute Gasteiger partial charge is 0.459 e. The van der Waals surface area contributed by atoms with Crippen LogP contribution in [0.4, 0.5) is 16.2 Å². The maximum Gasteiger partial charge on any atom is 0.322 e. The van der Waals surface area contributed by atoms with Crippen molar-refractivity contribution in [1.29, 1.82) is 0 Å². The van der Waals surface area contributed by atoms with Crippen molar-refractivity contribution in [1.82, 2.24) is 4.90 Å². The second-order valence-corrected chi connectivity index (χ2v) is 6.71. The van der Waals surface area contributed by atoms with E-state index in [9.17, 15) is 9.59 Å². The average Bonchev–Trinajstić information content (AvgIpc) is 3.24. The van der Waals surface area contributed by atoms with Crippen LogP contribution in [0, 0.1) is 0 Å². The fourth-order valence-electron chi connectivity index (χ4n) is 2.59. The Bertz CT molecular complexity index is 938. The zero-order valence-electron chi connectivity index (χ0n) is 15.5. The molecule has 2 aromatic carbocycles. The predicted octanol–water partition coefficient (Wildman–Crippen LogP) is 5.41. The first-order valence-electron chi connectivity index (χ1n) is 8.68. The van der Waals surface area contributed by atoms with Gasteiger partial charge in [-0.2, -0.15) is 0 Å². The number of hydrogen-bond acceptors (Lipinski definition) is 3. The number of nitrogens with one attached hydrogen (secondary N) is 2. The molecular weight excluding hydrogens is 378 g/mol. The fourth-order valence-corrected chi connectivity index (χ4v) is 2.72. The standard InChI is InChI=1S/C21H20ClN3O3/c1-14(15-5-7-16(22)8-6-15)25(2)21(27)24-18-11-9-17(10-12-18)23-20(26)19-4-3-13-28-19/h3-14H,1-2H3,(H,23,26)(H,24,27)/t14-/m1/s1. The molecule has 1 atom stereocenters. The summed E-state index contributed by atoms with van der Waals surface area (Å²) in [5, 5.41) is 6.22. The summed E-state index contributed by atoms with van der Waals surface area (Å²) >= 11 is 5.91. The number of amides is 3. The summed E-state index contributed by atoms with van der Waals surface area (Å²) in [5.74, 6) is -0.103. The number of hydrogen-bond donors (Lipinski definition) is 2. The van der Waals surface area contributed by atoms with Crippen LogP contribution in [-0.2, 0) is 0 Å². The van der Waals surface area contributed by atoms with Gasteiger partial charge in [-0.3, -0.25) is 4.79 Å². The lowest BCUT2D eigenvalue weighted by Crippen LogP contribution is -2.33. The van der Waals surface area contributed by atoms with E-state index in [0.717, 1.165) is 5.56 Å². The van der Waals surface area contributed by atoms with E-state index in [1.54, 1.807) is 60.5 Å². The molecule has 6 nitrogen and oxygen atoms in total. The topological polar surface area (TPSA) is 74.6 Å². The van der Waals surface area contributed by atoms with Crippen LogP contribution in [0.25, 0.3) is 0 Å². The fraction of sp³-hybridized carbons (Fsp3) is 0.143. The van der Waals surface area contributed by atoms with E-state index in [2.05, 4.69) is 10.6 Å². The van der Waals surface area contributed by atoms with E-state index in [1.807, 2.05) is 19.1 Å². The van der Waals surface area contributed by atoms with Crippen LogP contribution in [-0.4, -0.2) is 23.9 Å². The summed E-state index contributed by atoms with van der Waals surface area (Å²) in [5.41, 5.74) is 2.21. The molecule has 0 radical (unpaired) electrons. The Morgan fingerprint density at radius 1 is 0.964 bits per heavy atom. The summed E-state index contributed by atoms with van der Waals surface area (Å²) in [4.78, 5) is 26.1. The lowest BCUT2D eigenvalue weighted by Gasteiger charge is -2.25. The molecular formula is C21H20ClN3O3. The molecule has 0 aliphatic rings. The molecule has 0 saturated heterocycles. The number of halogens is 1. The molecule has 0 bridgehead atoms. The van der Waals surface area contributed by atoms with Crippen LogP contribution in [0.15, 0.2) is 71.3 Å². The molecule has 2 N–H and O–H groups in total. The van der Waals surface area contributed by atoms with Crippen molar-refractivity contribution in [3.63, 3.8) is 0 Å². The molecule has 28 heavy (non-hydrogen) atoms. The van der Waals surface area contributed by atoms with Crippen molar-refractivity contribution >= 4 is 34.9 Å². The summed E-state index contributed by atoms with van der Waals surface area (Å²) in [6.07, 6.45) is 1.44. The van der Waals surface area contributed by atoms with Crippen LogP contribution in [0.5, 0.6) is 0 Å². The molecule has 3 amide bonds. The third-order valence-corrected chi connectivity index (χ3v) is 4.64. The van der Waals surface area contributed by atoms with Crippen molar-refractivity contribution in [2.75, 3.05) is 17.7 Å². The van der Waals surface area contributed by atoms with Crippen molar-refractivity contribution in [2.45, 2.75) is 13.0 Å². The average molecular weight is 398 g/mol. The zero-order chi connectivity index (χ0) is 20.1. The smallest absolute Gasteiger partial charge is 0.322 e. The summed E-state index contributed by atoms with van der Waals surface area (Å²) in [6.45, 7) is 1.94. The van der Waals surface area contributed by atoms with Gasteiger partial charge in [-0.25, -0.2) is 4.79 Å². The van der Waals surface area contributed by atoms with E-state index in [1.165, 1.54) is 6.26 Å². The maximum atomic E-state index is 12.5. The number of nitrogens with zero attached hydrogens (tertiary/aromatic N) is 1. The van der Waals surface area contributed by atoms with Crippen LogP contribution in [0.1, 0.15) is 29.1 Å². The molecule has 0 unspecified atom stereocenters. The SMILES string of the molecule is C[C@H](c1ccc(Cl)cc1)N(C)C(=O)Nc1ccc(NC(=O)c2ccco2)cc1. The van der Waals surface area contributed by atoms with Gasteiger partial charge in [-0.15, -0.1) is 0 Å². The van der Waals surface area contributed by atoms with Gasteiger partial charge in [0.15, 0.2) is 5.76 Å². The Balaban J connectivity index is 1.59. The molecule has 0 spiro atoms. The molecule has 1 heterocycles. The summed E-state index contributed by atoms with van der Waals surface area (Å²) in [7, 11) is 1.73. The number of benzene rings is 2. The van der Waals surface area contributed by atoms with Crippen molar-refractivity contribution in [2.24, 2.45) is 0 Å². The van der Waals surface area contributed by atoms with E-state index in [4.69, 9.17) is 16.0 Å². The lowest BCUT2D eigenvalue weighted by atomic mass is 10.1. The van der Waals surface area contributed by atoms with E-state index >= 15 is 0 Å². The highest BCUT2D eigenvalue weighted by atomic mass is 35.5. The minimum absolute atomic E-state index is 0.121.